The Bertz CT molecular complexity index is 469. The van der Waals surface area contributed by atoms with Crippen LogP contribution in [0.3, 0.4) is 0 Å². The lowest BCUT2D eigenvalue weighted by molar-refractivity contribution is 0.362. The van der Waals surface area contributed by atoms with Gasteiger partial charge in [0, 0.05) is 16.8 Å². The standard InChI is InChI=1S/C11H15ClN2O2S/c12-9-1-3-11(4-2-9)14-17(15,16)8-6-10-5-7-13-10/h1-4,10,13-14H,5-8H2. The summed E-state index contributed by atoms with van der Waals surface area (Å²) in [5.74, 6) is 0.146. The molecule has 1 aromatic rings. The Balaban J connectivity index is 1.89. The zero-order valence-corrected chi connectivity index (χ0v) is 10.9. The minimum absolute atomic E-state index is 0.146. The molecule has 1 aliphatic heterocycles. The molecule has 1 saturated heterocycles. The topological polar surface area (TPSA) is 58.2 Å². The van der Waals surface area contributed by atoms with E-state index in [-0.39, 0.29) is 5.75 Å². The van der Waals surface area contributed by atoms with E-state index in [4.69, 9.17) is 11.6 Å². The third kappa shape index (κ3) is 3.87. The Hall–Kier alpha value is -0.780. The van der Waals surface area contributed by atoms with Crippen molar-refractivity contribution in [3.63, 3.8) is 0 Å². The van der Waals surface area contributed by atoms with Gasteiger partial charge in [0.15, 0.2) is 0 Å². The van der Waals surface area contributed by atoms with Gasteiger partial charge in [0.05, 0.1) is 5.75 Å². The monoisotopic (exact) mass is 274 g/mol. The van der Waals surface area contributed by atoms with E-state index in [1.165, 1.54) is 0 Å². The fraction of sp³-hybridized carbons (Fsp3) is 0.455. The number of rotatable bonds is 5. The lowest BCUT2D eigenvalue weighted by Crippen LogP contribution is -2.44. The highest BCUT2D eigenvalue weighted by atomic mass is 35.5. The van der Waals surface area contributed by atoms with Gasteiger partial charge >= 0.3 is 0 Å². The molecule has 0 spiro atoms. The van der Waals surface area contributed by atoms with E-state index in [9.17, 15) is 8.42 Å². The van der Waals surface area contributed by atoms with Gasteiger partial charge in [-0.3, -0.25) is 4.72 Å². The third-order valence-electron chi connectivity index (χ3n) is 2.78. The maximum Gasteiger partial charge on any atom is 0.232 e. The molecule has 17 heavy (non-hydrogen) atoms. The average Bonchev–Trinajstić information content (AvgIpc) is 2.19. The lowest BCUT2D eigenvalue weighted by atomic mass is 10.1. The van der Waals surface area contributed by atoms with Gasteiger partial charge in [-0.25, -0.2) is 8.42 Å². The van der Waals surface area contributed by atoms with Crippen LogP contribution in [0.15, 0.2) is 24.3 Å². The van der Waals surface area contributed by atoms with Crippen molar-refractivity contribution in [3.8, 4) is 0 Å². The van der Waals surface area contributed by atoms with Gasteiger partial charge < -0.3 is 5.32 Å². The SMILES string of the molecule is O=S(=O)(CCC1CCN1)Nc1ccc(Cl)cc1. The predicted octanol–water partition coefficient (Wildman–Crippen LogP) is 1.83. The Morgan fingerprint density at radius 3 is 2.53 bits per heavy atom. The molecule has 1 fully saturated rings. The van der Waals surface area contributed by atoms with Crippen molar-refractivity contribution in [3.05, 3.63) is 29.3 Å². The molecule has 2 N–H and O–H groups in total. The lowest BCUT2D eigenvalue weighted by Gasteiger charge is -2.27. The van der Waals surface area contributed by atoms with Crippen molar-refractivity contribution in [1.29, 1.82) is 0 Å². The Morgan fingerprint density at radius 2 is 2.00 bits per heavy atom. The molecule has 0 amide bonds. The molecule has 0 bridgehead atoms. The Morgan fingerprint density at radius 1 is 1.35 bits per heavy atom. The highest BCUT2D eigenvalue weighted by molar-refractivity contribution is 7.92. The minimum Gasteiger partial charge on any atom is -0.314 e. The zero-order chi connectivity index (χ0) is 12.3. The molecule has 2 rings (SSSR count). The second-order valence-corrected chi connectivity index (χ2v) is 6.43. The van der Waals surface area contributed by atoms with Crippen LogP contribution in [0.2, 0.25) is 5.02 Å². The molecule has 94 valence electrons. The van der Waals surface area contributed by atoms with Crippen LogP contribution in [-0.4, -0.2) is 26.8 Å². The number of sulfonamides is 1. The second kappa shape index (κ2) is 5.25. The smallest absolute Gasteiger partial charge is 0.232 e. The van der Waals surface area contributed by atoms with E-state index >= 15 is 0 Å². The largest absolute Gasteiger partial charge is 0.314 e. The summed E-state index contributed by atoms with van der Waals surface area (Å²) in [6, 6.07) is 6.99. The summed E-state index contributed by atoms with van der Waals surface area (Å²) >= 11 is 5.73. The van der Waals surface area contributed by atoms with Crippen LogP contribution < -0.4 is 10.0 Å². The van der Waals surface area contributed by atoms with Gasteiger partial charge in [-0.05, 0) is 43.7 Å². The van der Waals surface area contributed by atoms with E-state index in [1.54, 1.807) is 24.3 Å². The summed E-state index contributed by atoms with van der Waals surface area (Å²) in [5, 5.41) is 3.77. The molecule has 0 aromatic heterocycles. The normalized spacial score (nSPS) is 19.7. The molecule has 1 unspecified atom stereocenters. The Kier molecular flexibility index (Phi) is 3.91. The van der Waals surface area contributed by atoms with E-state index < -0.39 is 10.0 Å². The molecule has 1 atom stereocenters. The highest BCUT2D eigenvalue weighted by Crippen LogP contribution is 2.15. The molecule has 0 saturated carbocycles. The van der Waals surface area contributed by atoms with E-state index in [0.717, 1.165) is 13.0 Å². The van der Waals surface area contributed by atoms with Crippen LogP contribution in [-0.2, 0) is 10.0 Å². The van der Waals surface area contributed by atoms with Crippen molar-refractivity contribution in [2.45, 2.75) is 18.9 Å². The molecular weight excluding hydrogens is 260 g/mol. The van der Waals surface area contributed by atoms with Crippen LogP contribution >= 0.6 is 11.6 Å². The first-order valence-electron chi connectivity index (χ1n) is 5.55. The molecule has 6 heteroatoms. The summed E-state index contributed by atoms with van der Waals surface area (Å²) in [7, 11) is -3.25. The van der Waals surface area contributed by atoms with Gasteiger partial charge in [-0.15, -0.1) is 0 Å². The maximum atomic E-state index is 11.8. The molecule has 1 heterocycles. The zero-order valence-electron chi connectivity index (χ0n) is 9.32. The molecule has 4 nitrogen and oxygen atoms in total. The third-order valence-corrected chi connectivity index (χ3v) is 4.35. The molecule has 1 aromatic carbocycles. The van der Waals surface area contributed by atoms with Crippen LogP contribution in [0.4, 0.5) is 5.69 Å². The van der Waals surface area contributed by atoms with E-state index in [2.05, 4.69) is 10.0 Å². The first kappa shape index (κ1) is 12.7. The number of hydrogen-bond donors (Lipinski definition) is 2. The van der Waals surface area contributed by atoms with Gasteiger partial charge in [-0.2, -0.15) is 0 Å². The molecular formula is C11H15ClN2O2S. The number of halogens is 1. The molecule has 1 aliphatic rings. The highest BCUT2D eigenvalue weighted by Gasteiger charge is 2.19. The minimum atomic E-state index is -3.25. The number of anilines is 1. The predicted molar refractivity (Wildman–Crippen MR) is 69.9 cm³/mol. The van der Waals surface area contributed by atoms with Crippen LogP contribution in [0, 0.1) is 0 Å². The number of nitrogens with one attached hydrogen (secondary N) is 2. The number of benzene rings is 1. The quantitative estimate of drug-likeness (QED) is 0.861. The van der Waals surface area contributed by atoms with Crippen molar-refractivity contribution < 1.29 is 8.42 Å². The van der Waals surface area contributed by atoms with Crippen molar-refractivity contribution >= 4 is 27.3 Å². The van der Waals surface area contributed by atoms with Gasteiger partial charge in [0.1, 0.15) is 0 Å². The Labute approximate surface area is 106 Å². The second-order valence-electron chi connectivity index (χ2n) is 4.16. The van der Waals surface area contributed by atoms with Crippen molar-refractivity contribution in [2.75, 3.05) is 17.0 Å². The first-order chi connectivity index (χ1) is 8.05. The van der Waals surface area contributed by atoms with Crippen molar-refractivity contribution in [1.82, 2.24) is 5.32 Å². The van der Waals surface area contributed by atoms with Gasteiger partial charge in [0.2, 0.25) is 10.0 Å². The number of hydrogen-bond acceptors (Lipinski definition) is 3. The summed E-state index contributed by atoms with van der Waals surface area (Å²) in [6.45, 7) is 0.995. The summed E-state index contributed by atoms with van der Waals surface area (Å²) < 4.78 is 26.0. The fourth-order valence-corrected chi connectivity index (χ4v) is 2.96. The van der Waals surface area contributed by atoms with Crippen LogP contribution in [0.5, 0.6) is 0 Å². The van der Waals surface area contributed by atoms with Gasteiger partial charge in [-0.1, -0.05) is 11.6 Å². The van der Waals surface area contributed by atoms with E-state index in [0.29, 0.717) is 23.2 Å². The molecule has 0 aliphatic carbocycles. The summed E-state index contributed by atoms with van der Waals surface area (Å²) in [5.41, 5.74) is 0.552. The average molecular weight is 275 g/mol. The first-order valence-corrected chi connectivity index (χ1v) is 7.58. The summed E-state index contributed by atoms with van der Waals surface area (Å²) in [4.78, 5) is 0. The fourth-order valence-electron chi connectivity index (χ4n) is 1.64. The molecule has 0 radical (unpaired) electrons. The maximum absolute atomic E-state index is 11.8. The van der Waals surface area contributed by atoms with E-state index in [1.807, 2.05) is 0 Å². The summed E-state index contributed by atoms with van der Waals surface area (Å²) in [6.07, 6.45) is 1.72. The van der Waals surface area contributed by atoms with Crippen molar-refractivity contribution in [2.24, 2.45) is 0 Å². The van der Waals surface area contributed by atoms with Crippen LogP contribution in [0.25, 0.3) is 0 Å². The van der Waals surface area contributed by atoms with Crippen LogP contribution in [0.1, 0.15) is 12.8 Å². The van der Waals surface area contributed by atoms with Gasteiger partial charge in [0.25, 0.3) is 0 Å².